The van der Waals surface area contributed by atoms with Gasteiger partial charge in [-0.3, -0.25) is 5.10 Å². The summed E-state index contributed by atoms with van der Waals surface area (Å²) in [5, 5.41) is 6.78. The van der Waals surface area contributed by atoms with Crippen molar-refractivity contribution in [3.05, 3.63) is 72.4 Å². The molecule has 9 heteroatoms. The first-order valence-corrected chi connectivity index (χ1v) is 12.7. The van der Waals surface area contributed by atoms with Crippen LogP contribution in [0.2, 0.25) is 0 Å². The van der Waals surface area contributed by atoms with E-state index in [2.05, 4.69) is 20.8 Å². The summed E-state index contributed by atoms with van der Waals surface area (Å²) in [7, 11) is -3.42. The highest BCUT2D eigenvalue weighted by atomic mass is 32.2. The summed E-state index contributed by atoms with van der Waals surface area (Å²) in [6, 6.07) is 12.1. The van der Waals surface area contributed by atoms with Gasteiger partial charge in [-0.05, 0) is 61.6 Å². The average Bonchev–Trinajstić information content (AvgIpc) is 3.53. The number of hydrogen-bond acceptors (Lipinski definition) is 4. The molecule has 0 bridgehead atoms. The van der Waals surface area contributed by atoms with Crippen LogP contribution in [-0.2, 0) is 23.0 Å². The van der Waals surface area contributed by atoms with Gasteiger partial charge in [0.25, 0.3) is 0 Å². The topological polar surface area (TPSA) is 83.9 Å². The summed E-state index contributed by atoms with van der Waals surface area (Å²) in [5.41, 5.74) is 4.43. The van der Waals surface area contributed by atoms with E-state index in [1.54, 1.807) is 22.6 Å². The average molecular weight is 468 g/mol. The fourth-order valence-electron chi connectivity index (χ4n) is 4.75. The highest BCUT2D eigenvalue weighted by Crippen LogP contribution is 2.29. The molecule has 172 valence electrons. The minimum absolute atomic E-state index is 0.0132. The Kier molecular flexibility index (Phi) is 5.76. The molecule has 1 aliphatic heterocycles. The highest BCUT2D eigenvalue weighted by molar-refractivity contribution is 7.89. The molecule has 0 amide bonds. The third-order valence-corrected chi connectivity index (χ3v) is 8.32. The number of hydrogen-bond donors (Lipinski definition) is 1. The smallest absolute Gasteiger partial charge is 0.214 e. The van der Waals surface area contributed by atoms with Crippen LogP contribution in [0.15, 0.2) is 61.1 Å². The zero-order chi connectivity index (χ0) is 23.0. The van der Waals surface area contributed by atoms with Gasteiger partial charge in [0.15, 0.2) is 0 Å². The number of sulfonamides is 1. The monoisotopic (exact) mass is 467 g/mol. The molecule has 0 spiro atoms. The first-order valence-electron chi connectivity index (χ1n) is 11.1. The van der Waals surface area contributed by atoms with Gasteiger partial charge in [0.05, 0.1) is 28.7 Å². The van der Waals surface area contributed by atoms with Crippen molar-refractivity contribution in [2.75, 3.05) is 12.3 Å². The first kappa shape index (κ1) is 21.8. The molecule has 7 nitrogen and oxygen atoms in total. The lowest BCUT2D eigenvalue weighted by molar-refractivity contribution is 0.399. The van der Waals surface area contributed by atoms with Gasteiger partial charge in [0.1, 0.15) is 5.82 Å². The van der Waals surface area contributed by atoms with Crippen LogP contribution in [-0.4, -0.2) is 50.8 Å². The van der Waals surface area contributed by atoms with Crippen LogP contribution in [0, 0.1) is 11.7 Å². The van der Waals surface area contributed by atoms with E-state index in [1.165, 1.54) is 12.1 Å². The fourth-order valence-corrected chi connectivity index (χ4v) is 6.55. The summed E-state index contributed by atoms with van der Waals surface area (Å²) in [4.78, 5) is 4.73. The Morgan fingerprint density at radius 2 is 2.09 bits per heavy atom. The molecule has 2 atom stereocenters. The van der Waals surface area contributed by atoms with Gasteiger partial charge in [0, 0.05) is 37.1 Å². The van der Waals surface area contributed by atoms with E-state index in [0.29, 0.717) is 18.5 Å². The molecule has 4 aromatic rings. The Balaban J connectivity index is 1.26. The molecule has 1 fully saturated rings. The molecule has 33 heavy (non-hydrogen) atoms. The number of benzene rings is 1. The maximum absolute atomic E-state index is 13.4. The summed E-state index contributed by atoms with van der Waals surface area (Å²) in [6.45, 7) is 3.19. The second kappa shape index (κ2) is 8.72. The summed E-state index contributed by atoms with van der Waals surface area (Å²) >= 11 is 0. The summed E-state index contributed by atoms with van der Waals surface area (Å²) in [5.74, 6) is -0.140. The zero-order valence-corrected chi connectivity index (χ0v) is 19.2. The predicted octanol–water partition coefficient (Wildman–Crippen LogP) is 3.85. The maximum atomic E-state index is 13.4. The normalized spacial score (nSPS) is 19.5. The number of pyridine rings is 1. The molecule has 3 aromatic heterocycles. The molecule has 5 rings (SSSR count). The fraction of sp³-hybridized carbons (Fsp3) is 0.333. The molecular formula is C24H26FN5O2S. The second-order valence-electron chi connectivity index (χ2n) is 8.77. The third-order valence-electron chi connectivity index (χ3n) is 6.37. The quantitative estimate of drug-likeness (QED) is 0.448. The Morgan fingerprint density at radius 3 is 2.88 bits per heavy atom. The molecule has 4 heterocycles. The summed E-state index contributed by atoms with van der Waals surface area (Å²) < 4.78 is 43.2. The van der Waals surface area contributed by atoms with Crippen molar-refractivity contribution < 1.29 is 12.8 Å². The van der Waals surface area contributed by atoms with Crippen LogP contribution >= 0.6 is 0 Å². The van der Waals surface area contributed by atoms with E-state index >= 15 is 0 Å². The third kappa shape index (κ3) is 4.56. The Labute approximate surface area is 192 Å². The minimum Gasteiger partial charge on any atom is -0.346 e. The second-order valence-corrected chi connectivity index (χ2v) is 10.8. The number of H-pyrrole nitrogens is 1. The van der Waals surface area contributed by atoms with Gasteiger partial charge >= 0.3 is 0 Å². The van der Waals surface area contributed by atoms with E-state index in [1.807, 2.05) is 31.5 Å². The van der Waals surface area contributed by atoms with Crippen molar-refractivity contribution >= 4 is 21.1 Å². The molecule has 1 aliphatic rings. The molecule has 1 aromatic carbocycles. The van der Waals surface area contributed by atoms with Gasteiger partial charge in [-0.15, -0.1) is 0 Å². The molecular weight excluding hydrogens is 441 g/mol. The number of halogens is 1. The number of aryl methyl sites for hydroxylation is 1. The molecule has 0 aliphatic carbocycles. The van der Waals surface area contributed by atoms with Crippen molar-refractivity contribution in [3.63, 3.8) is 0 Å². The van der Waals surface area contributed by atoms with Crippen molar-refractivity contribution in [2.45, 2.75) is 32.4 Å². The lowest BCUT2D eigenvalue weighted by Crippen LogP contribution is -2.36. The van der Waals surface area contributed by atoms with Crippen LogP contribution in [0.5, 0.6) is 0 Å². The van der Waals surface area contributed by atoms with Crippen molar-refractivity contribution in [3.8, 4) is 11.3 Å². The number of aromatic amines is 1. The standard InChI is InChI=1S/C24H26FN5O2S/c1-17-11-19(16-30(17)33(31,32)10-8-18-3-2-4-21(25)12-18)15-29-9-7-23-24(29)6-5-22(28-23)20-13-26-27-14-20/h2-7,9,12-14,17,19H,8,10-11,15-16H2,1H3,(H,26,27)/t17-,19+/m1/s1. The zero-order valence-electron chi connectivity index (χ0n) is 18.4. The van der Waals surface area contributed by atoms with E-state index in [0.717, 1.165) is 35.3 Å². The number of nitrogens with one attached hydrogen (secondary N) is 1. The molecule has 0 unspecified atom stereocenters. The lowest BCUT2D eigenvalue weighted by atomic mass is 10.1. The van der Waals surface area contributed by atoms with Gasteiger partial charge < -0.3 is 4.57 Å². The highest BCUT2D eigenvalue weighted by Gasteiger charge is 2.36. The van der Waals surface area contributed by atoms with Gasteiger partial charge in [-0.1, -0.05) is 12.1 Å². The predicted molar refractivity (Wildman–Crippen MR) is 125 cm³/mol. The number of rotatable bonds is 7. The van der Waals surface area contributed by atoms with E-state index in [4.69, 9.17) is 4.98 Å². The van der Waals surface area contributed by atoms with Gasteiger partial charge in [-0.25, -0.2) is 17.8 Å². The molecule has 1 saturated heterocycles. The molecule has 1 N–H and O–H groups in total. The van der Waals surface area contributed by atoms with E-state index in [-0.39, 0.29) is 23.5 Å². The van der Waals surface area contributed by atoms with Crippen LogP contribution in [0.1, 0.15) is 18.9 Å². The Hall–Kier alpha value is -3.04. The van der Waals surface area contributed by atoms with Crippen molar-refractivity contribution in [1.29, 1.82) is 0 Å². The number of aromatic nitrogens is 4. The van der Waals surface area contributed by atoms with Crippen LogP contribution in [0.25, 0.3) is 22.3 Å². The SMILES string of the molecule is C[C@@H]1C[C@@H](Cn2ccc3nc(-c4cn[nH]c4)ccc32)CN1S(=O)(=O)CCc1cccc(F)c1. The first-order chi connectivity index (χ1) is 15.9. The maximum Gasteiger partial charge on any atom is 0.214 e. The minimum atomic E-state index is -3.42. The lowest BCUT2D eigenvalue weighted by Gasteiger charge is -2.21. The van der Waals surface area contributed by atoms with Crippen LogP contribution < -0.4 is 0 Å². The molecule has 0 saturated carbocycles. The summed E-state index contributed by atoms with van der Waals surface area (Å²) in [6.07, 6.45) is 6.69. The van der Waals surface area contributed by atoms with Crippen LogP contribution in [0.3, 0.4) is 0 Å². The van der Waals surface area contributed by atoms with E-state index < -0.39 is 10.0 Å². The van der Waals surface area contributed by atoms with Crippen LogP contribution in [0.4, 0.5) is 4.39 Å². The Bertz CT molecular complexity index is 1370. The Morgan fingerprint density at radius 1 is 1.21 bits per heavy atom. The van der Waals surface area contributed by atoms with E-state index in [9.17, 15) is 12.8 Å². The largest absolute Gasteiger partial charge is 0.346 e. The van der Waals surface area contributed by atoms with Gasteiger partial charge in [0.2, 0.25) is 10.0 Å². The molecule has 0 radical (unpaired) electrons. The van der Waals surface area contributed by atoms with Crippen molar-refractivity contribution in [2.24, 2.45) is 5.92 Å². The van der Waals surface area contributed by atoms with Gasteiger partial charge in [-0.2, -0.15) is 9.40 Å². The number of nitrogens with zero attached hydrogens (tertiary/aromatic N) is 4. The van der Waals surface area contributed by atoms with Crippen molar-refractivity contribution in [1.82, 2.24) is 24.1 Å². The number of fused-ring (bicyclic) bond motifs is 1.